The lowest BCUT2D eigenvalue weighted by Gasteiger charge is -2.26. The summed E-state index contributed by atoms with van der Waals surface area (Å²) in [7, 11) is 1.58. The summed E-state index contributed by atoms with van der Waals surface area (Å²) in [5, 5.41) is 3.09. The van der Waals surface area contributed by atoms with Crippen LogP contribution < -0.4 is 10.1 Å². The molecule has 1 saturated heterocycles. The Balaban J connectivity index is 2.31. The first-order valence-corrected chi connectivity index (χ1v) is 5.60. The Kier molecular flexibility index (Phi) is 3.07. The van der Waals surface area contributed by atoms with E-state index in [9.17, 15) is 4.79 Å². The van der Waals surface area contributed by atoms with Crippen LogP contribution in [-0.2, 0) is 0 Å². The van der Waals surface area contributed by atoms with Crippen molar-refractivity contribution in [2.24, 2.45) is 5.92 Å². The molecule has 0 saturated carbocycles. The van der Waals surface area contributed by atoms with Gasteiger partial charge in [-0.05, 0) is 18.2 Å². The molecular formula is C11H12BrNO2. The monoisotopic (exact) mass is 269 g/mol. The van der Waals surface area contributed by atoms with E-state index >= 15 is 0 Å². The Hall–Kier alpha value is -0.870. The second kappa shape index (κ2) is 4.33. The van der Waals surface area contributed by atoms with Crippen molar-refractivity contribution in [1.29, 1.82) is 0 Å². The highest BCUT2D eigenvalue weighted by molar-refractivity contribution is 9.10. The van der Waals surface area contributed by atoms with Gasteiger partial charge in [-0.3, -0.25) is 4.79 Å². The van der Waals surface area contributed by atoms with E-state index in [0.717, 1.165) is 17.6 Å². The summed E-state index contributed by atoms with van der Waals surface area (Å²) >= 11 is 3.36. The normalized spacial score (nSPS) is 15.9. The van der Waals surface area contributed by atoms with E-state index in [4.69, 9.17) is 4.74 Å². The van der Waals surface area contributed by atoms with E-state index in [1.807, 2.05) is 18.2 Å². The van der Waals surface area contributed by atoms with Crippen LogP contribution in [0.25, 0.3) is 0 Å². The summed E-state index contributed by atoms with van der Waals surface area (Å²) in [5.74, 6) is 0.912. The van der Waals surface area contributed by atoms with Crippen LogP contribution in [0.15, 0.2) is 22.7 Å². The van der Waals surface area contributed by atoms with E-state index in [1.165, 1.54) is 0 Å². The van der Waals surface area contributed by atoms with Crippen molar-refractivity contribution >= 4 is 21.7 Å². The van der Waals surface area contributed by atoms with Gasteiger partial charge in [0.1, 0.15) is 5.75 Å². The Morgan fingerprint density at radius 3 is 2.80 bits per heavy atom. The highest BCUT2D eigenvalue weighted by Crippen LogP contribution is 2.26. The number of Topliss-reactive ketones (excluding diaryl/α,β-unsaturated/α-hetero) is 1. The quantitative estimate of drug-likeness (QED) is 0.852. The predicted octanol–water partition coefficient (Wildman–Crippen LogP) is 1.86. The Bertz CT molecular complexity index is 388. The van der Waals surface area contributed by atoms with Crippen molar-refractivity contribution in [2.75, 3.05) is 20.2 Å². The van der Waals surface area contributed by atoms with E-state index < -0.39 is 0 Å². The van der Waals surface area contributed by atoms with Gasteiger partial charge in [0.05, 0.1) is 12.7 Å². The molecule has 0 aliphatic carbocycles. The molecule has 0 atom stereocenters. The van der Waals surface area contributed by atoms with Crippen LogP contribution in [0.5, 0.6) is 5.75 Å². The number of hydrogen-bond donors (Lipinski definition) is 1. The van der Waals surface area contributed by atoms with Gasteiger partial charge in [-0.25, -0.2) is 0 Å². The maximum Gasteiger partial charge on any atom is 0.172 e. The first kappa shape index (κ1) is 10.6. The van der Waals surface area contributed by atoms with Crippen LogP contribution in [0, 0.1) is 5.92 Å². The van der Waals surface area contributed by atoms with E-state index in [2.05, 4.69) is 21.2 Å². The minimum atomic E-state index is 0.105. The van der Waals surface area contributed by atoms with Crippen LogP contribution in [0.4, 0.5) is 0 Å². The molecule has 15 heavy (non-hydrogen) atoms. The number of carbonyl (C=O) groups is 1. The van der Waals surface area contributed by atoms with Gasteiger partial charge in [0, 0.05) is 23.5 Å². The molecule has 1 fully saturated rings. The molecule has 1 aliphatic rings. The van der Waals surface area contributed by atoms with Gasteiger partial charge in [0.25, 0.3) is 0 Å². The molecule has 1 aromatic carbocycles. The number of carbonyl (C=O) groups excluding carboxylic acids is 1. The first-order chi connectivity index (χ1) is 7.22. The van der Waals surface area contributed by atoms with E-state index in [0.29, 0.717) is 11.3 Å². The molecule has 0 bridgehead atoms. The topological polar surface area (TPSA) is 38.3 Å². The Morgan fingerprint density at radius 1 is 1.53 bits per heavy atom. The summed E-state index contributed by atoms with van der Waals surface area (Å²) < 4.78 is 6.08. The van der Waals surface area contributed by atoms with Crippen LogP contribution in [0.3, 0.4) is 0 Å². The second-order valence-electron chi connectivity index (χ2n) is 3.56. The minimum absolute atomic E-state index is 0.105. The lowest BCUT2D eigenvalue weighted by molar-refractivity contribution is 0.0875. The van der Waals surface area contributed by atoms with Crippen LogP contribution in [0.2, 0.25) is 0 Å². The second-order valence-corrected chi connectivity index (χ2v) is 4.48. The standard InChI is InChI=1S/C11H12BrNO2/c1-15-10-3-2-8(12)4-9(10)11(14)7-5-13-6-7/h2-4,7,13H,5-6H2,1H3. The highest BCUT2D eigenvalue weighted by atomic mass is 79.9. The molecule has 4 heteroatoms. The van der Waals surface area contributed by atoms with Gasteiger partial charge in [-0.1, -0.05) is 15.9 Å². The van der Waals surface area contributed by atoms with Gasteiger partial charge in [-0.2, -0.15) is 0 Å². The van der Waals surface area contributed by atoms with Gasteiger partial charge in [0.15, 0.2) is 5.78 Å². The van der Waals surface area contributed by atoms with Crippen molar-refractivity contribution in [3.8, 4) is 5.75 Å². The zero-order valence-electron chi connectivity index (χ0n) is 8.42. The third-order valence-corrected chi connectivity index (χ3v) is 3.07. The van der Waals surface area contributed by atoms with Crippen molar-refractivity contribution in [1.82, 2.24) is 5.32 Å². The number of benzene rings is 1. The average molecular weight is 270 g/mol. The number of rotatable bonds is 3. The molecule has 3 nitrogen and oxygen atoms in total. The van der Waals surface area contributed by atoms with Gasteiger partial charge >= 0.3 is 0 Å². The van der Waals surface area contributed by atoms with Gasteiger partial charge in [-0.15, -0.1) is 0 Å². The average Bonchev–Trinajstić information content (AvgIpc) is 2.15. The van der Waals surface area contributed by atoms with Crippen LogP contribution >= 0.6 is 15.9 Å². The first-order valence-electron chi connectivity index (χ1n) is 4.81. The lowest BCUT2D eigenvalue weighted by Crippen LogP contribution is -2.46. The molecule has 0 amide bonds. The summed E-state index contributed by atoms with van der Waals surface area (Å²) in [6.45, 7) is 1.54. The number of methoxy groups -OCH3 is 1. The lowest BCUT2D eigenvalue weighted by atomic mass is 9.92. The fraction of sp³-hybridized carbons (Fsp3) is 0.364. The minimum Gasteiger partial charge on any atom is -0.496 e. The zero-order chi connectivity index (χ0) is 10.8. The Labute approximate surface area is 96.9 Å². The number of nitrogens with one attached hydrogen (secondary N) is 1. The smallest absolute Gasteiger partial charge is 0.172 e. The Morgan fingerprint density at radius 2 is 2.27 bits per heavy atom. The summed E-state index contributed by atoms with van der Waals surface area (Å²) in [5.41, 5.74) is 0.665. The van der Waals surface area contributed by atoms with E-state index in [1.54, 1.807) is 7.11 Å². The summed E-state index contributed by atoms with van der Waals surface area (Å²) in [6.07, 6.45) is 0. The SMILES string of the molecule is COc1ccc(Br)cc1C(=O)C1CNC1. The fourth-order valence-corrected chi connectivity index (χ4v) is 1.93. The van der Waals surface area contributed by atoms with Crippen LogP contribution in [0.1, 0.15) is 10.4 Å². The molecule has 1 heterocycles. The van der Waals surface area contributed by atoms with Crippen molar-refractivity contribution in [2.45, 2.75) is 0 Å². The predicted molar refractivity (Wildman–Crippen MR) is 61.4 cm³/mol. The highest BCUT2D eigenvalue weighted by Gasteiger charge is 2.27. The summed E-state index contributed by atoms with van der Waals surface area (Å²) in [6, 6.07) is 5.50. The van der Waals surface area contributed by atoms with E-state index in [-0.39, 0.29) is 11.7 Å². The van der Waals surface area contributed by atoms with Crippen molar-refractivity contribution < 1.29 is 9.53 Å². The number of ketones is 1. The van der Waals surface area contributed by atoms with Crippen LogP contribution in [-0.4, -0.2) is 26.0 Å². The molecule has 1 aliphatic heterocycles. The number of ether oxygens (including phenoxy) is 1. The molecule has 0 aromatic heterocycles. The largest absolute Gasteiger partial charge is 0.496 e. The molecule has 80 valence electrons. The molecule has 0 radical (unpaired) electrons. The van der Waals surface area contributed by atoms with Gasteiger partial charge in [0.2, 0.25) is 0 Å². The maximum absolute atomic E-state index is 12.0. The third-order valence-electron chi connectivity index (χ3n) is 2.58. The molecule has 0 spiro atoms. The zero-order valence-corrected chi connectivity index (χ0v) is 10.0. The number of hydrogen-bond acceptors (Lipinski definition) is 3. The number of halogens is 1. The molecule has 1 N–H and O–H groups in total. The molecule has 1 aromatic rings. The maximum atomic E-state index is 12.0. The molecule has 0 unspecified atom stereocenters. The van der Waals surface area contributed by atoms with Gasteiger partial charge < -0.3 is 10.1 Å². The third kappa shape index (κ3) is 2.06. The molecular weight excluding hydrogens is 258 g/mol. The fourth-order valence-electron chi connectivity index (χ4n) is 1.57. The van der Waals surface area contributed by atoms with Crippen molar-refractivity contribution in [3.63, 3.8) is 0 Å². The summed E-state index contributed by atoms with van der Waals surface area (Å²) in [4.78, 5) is 12.0. The van der Waals surface area contributed by atoms with Crippen molar-refractivity contribution in [3.05, 3.63) is 28.2 Å². The molecule has 2 rings (SSSR count).